The van der Waals surface area contributed by atoms with Gasteiger partial charge in [0, 0.05) is 0 Å². The third-order valence-electron chi connectivity index (χ3n) is 3.34. The van der Waals surface area contributed by atoms with E-state index in [1.807, 2.05) is 0 Å². The molecule has 2 fully saturated rings. The molecular formula is C11H20ClNO2. The van der Waals surface area contributed by atoms with Gasteiger partial charge >= 0.3 is 5.97 Å². The van der Waals surface area contributed by atoms with E-state index in [2.05, 4.69) is 0 Å². The number of rotatable bonds is 4. The van der Waals surface area contributed by atoms with E-state index in [0.29, 0.717) is 18.4 Å². The molecule has 3 nitrogen and oxygen atoms in total. The van der Waals surface area contributed by atoms with E-state index in [-0.39, 0.29) is 24.4 Å². The molecule has 4 heteroatoms. The molecule has 0 radical (unpaired) electrons. The van der Waals surface area contributed by atoms with Gasteiger partial charge in [-0.1, -0.05) is 12.8 Å². The number of ether oxygens (including phenoxy) is 1. The van der Waals surface area contributed by atoms with Gasteiger partial charge in [0.25, 0.3) is 0 Å². The van der Waals surface area contributed by atoms with Gasteiger partial charge in [0.15, 0.2) is 0 Å². The third-order valence-corrected chi connectivity index (χ3v) is 3.34. The Morgan fingerprint density at radius 1 is 1.27 bits per heavy atom. The number of hydrogen-bond acceptors (Lipinski definition) is 3. The molecule has 88 valence electrons. The van der Waals surface area contributed by atoms with Gasteiger partial charge in [-0.25, -0.2) is 0 Å². The van der Waals surface area contributed by atoms with Crippen LogP contribution in [-0.4, -0.2) is 18.6 Å². The lowest BCUT2D eigenvalue weighted by molar-refractivity contribution is -0.147. The first kappa shape index (κ1) is 12.8. The Balaban J connectivity index is 0.00000112. The number of hydrogen-bond donors (Lipinski definition) is 1. The molecule has 2 rings (SSSR count). The molecule has 1 atom stereocenters. The van der Waals surface area contributed by atoms with Crippen molar-refractivity contribution >= 4 is 18.4 Å². The summed E-state index contributed by atoms with van der Waals surface area (Å²) in [5, 5.41) is 0. The predicted molar refractivity (Wildman–Crippen MR) is 60.9 cm³/mol. The molecule has 0 aliphatic heterocycles. The summed E-state index contributed by atoms with van der Waals surface area (Å²) in [5.74, 6) is 0.834. The molecule has 0 unspecified atom stereocenters. The zero-order valence-electron chi connectivity index (χ0n) is 8.98. The Morgan fingerprint density at radius 3 is 2.40 bits per heavy atom. The summed E-state index contributed by atoms with van der Waals surface area (Å²) in [6.07, 6.45) is 7.06. The van der Waals surface area contributed by atoms with Gasteiger partial charge in [0.1, 0.15) is 6.04 Å². The molecule has 0 aromatic carbocycles. The van der Waals surface area contributed by atoms with Crippen LogP contribution in [0.15, 0.2) is 0 Å². The van der Waals surface area contributed by atoms with Crippen molar-refractivity contribution < 1.29 is 9.53 Å². The second kappa shape index (κ2) is 5.71. The first-order valence-corrected chi connectivity index (χ1v) is 5.69. The van der Waals surface area contributed by atoms with E-state index in [1.54, 1.807) is 0 Å². The summed E-state index contributed by atoms with van der Waals surface area (Å²) in [6, 6.07) is -0.365. The normalized spacial score (nSPS) is 23.3. The molecular weight excluding hydrogens is 214 g/mol. The molecule has 0 spiro atoms. The van der Waals surface area contributed by atoms with Crippen LogP contribution in [-0.2, 0) is 9.53 Å². The fourth-order valence-electron chi connectivity index (χ4n) is 2.09. The molecule has 2 saturated carbocycles. The lowest BCUT2D eigenvalue weighted by atomic mass is 9.99. The summed E-state index contributed by atoms with van der Waals surface area (Å²) in [7, 11) is 0. The highest BCUT2D eigenvalue weighted by atomic mass is 35.5. The van der Waals surface area contributed by atoms with Crippen molar-refractivity contribution in [2.24, 2.45) is 17.6 Å². The highest BCUT2D eigenvalue weighted by Gasteiger charge is 2.30. The Morgan fingerprint density at radius 2 is 1.87 bits per heavy atom. The van der Waals surface area contributed by atoms with Gasteiger partial charge in [-0.2, -0.15) is 0 Å². The van der Waals surface area contributed by atoms with Gasteiger partial charge < -0.3 is 10.5 Å². The van der Waals surface area contributed by atoms with Crippen LogP contribution >= 0.6 is 12.4 Å². The number of esters is 1. The minimum atomic E-state index is -0.365. The van der Waals surface area contributed by atoms with Gasteiger partial charge in [-0.3, -0.25) is 4.79 Å². The van der Waals surface area contributed by atoms with E-state index in [0.717, 1.165) is 12.8 Å². The summed E-state index contributed by atoms with van der Waals surface area (Å²) in [4.78, 5) is 11.5. The lowest BCUT2D eigenvalue weighted by Crippen LogP contribution is -2.38. The fraction of sp³-hybridized carbons (Fsp3) is 0.909. The van der Waals surface area contributed by atoms with Gasteiger partial charge in [-0.05, 0) is 37.5 Å². The van der Waals surface area contributed by atoms with Crippen molar-refractivity contribution in [3.8, 4) is 0 Å². The van der Waals surface area contributed by atoms with E-state index in [4.69, 9.17) is 10.5 Å². The Hall–Kier alpha value is -0.280. The summed E-state index contributed by atoms with van der Waals surface area (Å²) >= 11 is 0. The second-order valence-electron chi connectivity index (χ2n) is 4.64. The second-order valence-corrected chi connectivity index (χ2v) is 4.64. The monoisotopic (exact) mass is 233 g/mol. The average Bonchev–Trinajstić information content (AvgIpc) is 2.86. The molecule has 0 bridgehead atoms. The number of carbonyl (C=O) groups is 1. The summed E-state index contributed by atoms with van der Waals surface area (Å²) in [5.41, 5.74) is 5.85. The molecule has 0 amide bonds. The molecule has 0 aromatic rings. The van der Waals surface area contributed by atoms with E-state index >= 15 is 0 Å². The van der Waals surface area contributed by atoms with Gasteiger partial charge in [0.05, 0.1) is 6.61 Å². The van der Waals surface area contributed by atoms with Crippen LogP contribution in [0.2, 0.25) is 0 Å². The van der Waals surface area contributed by atoms with Crippen LogP contribution in [0.4, 0.5) is 0 Å². The molecule has 0 aromatic heterocycles. The highest BCUT2D eigenvalue weighted by Crippen LogP contribution is 2.30. The number of carbonyl (C=O) groups excluding carboxylic acids is 1. The summed E-state index contributed by atoms with van der Waals surface area (Å²) < 4.78 is 5.18. The Labute approximate surface area is 97.1 Å². The van der Waals surface area contributed by atoms with Crippen molar-refractivity contribution in [1.82, 2.24) is 0 Å². The zero-order chi connectivity index (χ0) is 9.97. The smallest absolute Gasteiger partial charge is 0.323 e. The van der Waals surface area contributed by atoms with Crippen LogP contribution in [0.3, 0.4) is 0 Å². The molecule has 2 aliphatic rings. The van der Waals surface area contributed by atoms with Crippen molar-refractivity contribution in [3.05, 3.63) is 0 Å². The van der Waals surface area contributed by atoms with Crippen molar-refractivity contribution in [2.75, 3.05) is 6.61 Å². The maximum atomic E-state index is 11.5. The van der Waals surface area contributed by atoms with Crippen LogP contribution < -0.4 is 5.73 Å². The van der Waals surface area contributed by atoms with E-state index in [1.165, 1.54) is 25.7 Å². The van der Waals surface area contributed by atoms with Crippen LogP contribution in [0.5, 0.6) is 0 Å². The van der Waals surface area contributed by atoms with E-state index < -0.39 is 0 Å². The van der Waals surface area contributed by atoms with Crippen molar-refractivity contribution in [2.45, 2.75) is 44.6 Å². The van der Waals surface area contributed by atoms with Crippen LogP contribution in [0.1, 0.15) is 38.5 Å². The maximum absolute atomic E-state index is 11.5. The average molecular weight is 234 g/mol. The third kappa shape index (κ3) is 3.65. The number of halogens is 1. The first-order chi connectivity index (χ1) is 6.77. The molecule has 0 saturated heterocycles. The minimum Gasteiger partial charge on any atom is -0.464 e. The van der Waals surface area contributed by atoms with Gasteiger partial charge in [-0.15, -0.1) is 12.4 Å². The van der Waals surface area contributed by atoms with Crippen LogP contribution in [0.25, 0.3) is 0 Å². The quantitative estimate of drug-likeness (QED) is 0.755. The Bertz CT molecular complexity index is 213. The Kier molecular flexibility index (Phi) is 4.87. The molecule has 2 aliphatic carbocycles. The zero-order valence-corrected chi connectivity index (χ0v) is 9.80. The lowest BCUT2D eigenvalue weighted by Gasteiger charge is -2.17. The molecule has 0 heterocycles. The van der Waals surface area contributed by atoms with Crippen LogP contribution in [0, 0.1) is 11.8 Å². The standard InChI is InChI=1S/C11H19NO2.ClH/c12-10(9-3-1-2-4-9)11(13)14-7-8-5-6-8;/h8-10H,1-7,12H2;1H/t10-;/m0./s1. The van der Waals surface area contributed by atoms with Gasteiger partial charge in [0.2, 0.25) is 0 Å². The highest BCUT2D eigenvalue weighted by molar-refractivity contribution is 5.85. The minimum absolute atomic E-state index is 0. The van der Waals surface area contributed by atoms with Crippen molar-refractivity contribution in [3.63, 3.8) is 0 Å². The maximum Gasteiger partial charge on any atom is 0.323 e. The van der Waals surface area contributed by atoms with Crippen molar-refractivity contribution in [1.29, 1.82) is 0 Å². The fourth-order valence-corrected chi connectivity index (χ4v) is 2.09. The SMILES string of the molecule is Cl.N[C@H](C(=O)OCC1CC1)C1CCCC1. The number of nitrogens with two attached hydrogens (primary N) is 1. The topological polar surface area (TPSA) is 52.3 Å². The first-order valence-electron chi connectivity index (χ1n) is 5.69. The summed E-state index contributed by atoms with van der Waals surface area (Å²) in [6.45, 7) is 0.596. The van der Waals surface area contributed by atoms with E-state index in [9.17, 15) is 4.79 Å². The molecule has 15 heavy (non-hydrogen) atoms. The predicted octanol–water partition coefficient (Wildman–Crippen LogP) is 1.88. The molecule has 2 N–H and O–H groups in total. The largest absolute Gasteiger partial charge is 0.464 e.